The average molecular weight is 233 g/mol. The molecule has 0 amide bonds. The lowest BCUT2D eigenvalue weighted by atomic mass is 10.2. The largest absolute Gasteiger partial charge is 0.405 e. The lowest BCUT2D eigenvalue weighted by Crippen LogP contribution is -2.33. The van der Waals surface area contributed by atoms with Crippen LogP contribution in [0.1, 0.15) is 5.56 Å². The molecule has 0 aliphatic heterocycles. The van der Waals surface area contributed by atoms with E-state index in [-0.39, 0.29) is 17.2 Å². The maximum absolute atomic E-state index is 12.1. The molecule has 8 heteroatoms. The Kier molecular flexibility index (Phi) is 3.31. The van der Waals surface area contributed by atoms with Gasteiger partial charge in [-0.2, -0.15) is 18.3 Å². The van der Waals surface area contributed by atoms with Gasteiger partial charge in [0.2, 0.25) is 0 Å². The van der Waals surface area contributed by atoms with Gasteiger partial charge in [-0.25, -0.2) is 0 Å². The Morgan fingerprint density at radius 3 is 2.69 bits per heavy atom. The molecule has 3 N–H and O–H groups in total. The van der Waals surface area contributed by atoms with Crippen LogP contribution in [-0.2, 0) is 0 Å². The van der Waals surface area contributed by atoms with Crippen molar-refractivity contribution in [2.24, 2.45) is 5.73 Å². The van der Waals surface area contributed by atoms with Gasteiger partial charge >= 0.3 is 6.18 Å². The minimum absolute atomic E-state index is 0.0627. The van der Waals surface area contributed by atoms with Crippen molar-refractivity contribution in [3.8, 4) is 0 Å². The number of hydrogen-bond donors (Lipinski definition) is 2. The highest BCUT2D eigenvalue weighted by Crippen LogP contribution is 2.21. The van der Waals surface area contributed by atoms with Gasteiger partial charge in [0.15, 0.2) is 5.82 Å². The SMILES string of the molecule is CN(CC(F)(F)F)c1nnccc1C(=N)N. The Labute approximate surface area is 89.6 Å². The number of nitrogen functional groups attached to an aromatic ring is 1. The first kappa shape index (κ1) is 12.2. The summed E-state index contributed by atoms with van der Waals surface area (Å²) in [7, 11) is 1.21. The third kappa shape index (κ3) is 3.07. The highest BCUT2D eigenvalue weighted by molar-refractivity contribution is 5.99. The zero-order chi connectivity index (χ0) is 12.3. The Balaban J connectivity index is 2.99. The highest BCUT2D eigenvalue weighted by atomic mass is 19.4. The van der Waals surface area contributed by atoms with Crippen LogP contribution < -0.4 is 10.6 Å². The zero-order valence-corrected chi connectivity index (χ0v) is 8.41. The summed E-state index contributed by atoms with van der Waals surface area (Å²) < 4.78 is 36.4. The van der Waals surface area contributed by atoms with E-state index >= 15 is 0 Å². The van der Waals surface area contributed by atoms with Crippen LogP contribution >= 0.6 is 0 Å². The summed E-state index contributed by atoms with van der Waals surface area (Å²) in [5.74, 6) is -0.411. The molecule has 1 heterocycles. The Hall–Kier alpha value is -1.86. The standard InChI is InChI=1S/C8H10F3N5/c1-16(4-8(9,10)11)7-5(6(12)13)2-3-14-15-7/h2-3H,4H2,1H3,(H3,12,13). The van der Waals surface area contributed by atoms with Gasteiger partial charge in [0.1, 0.15) is 12.4 Å². The van der Waals surface area contributed by atoms with Crippen LogP contribution in [0.15, 0.2) is 12.3 Å². The van der Waals surface area contributed by atoms with E-state index in [1.807, 2.05) is 0 Å². The van der Waals surface area contributed by atoms with Crippen molar-refractivity contribution in [3.05, 3.63) is 17.8 Å². The van der Waals surface area contributed by atoms with Crippen LogP contribution in [0, 0.1) is 5.41 Å². The summed E-state index contributed by atoms with van der Waals surface area (Å²) in [4.78, 5) is 0.851. The van der Waals surface area contributed by atoms with Crippen molar-refractivity contribution in [3.63, 3.8) is 0 Å². The number of hydrogen-bond acceptors (Lipinski definition) is 4. The van der Waals surface area contributed by atoms with Gasteiger partial charge in [-0.15, -0.1) is 5.10 Å². The molecule has 0 bridgehead atoms. The second-order valence-electron chi connectivity index (χ2n) is 3.15. The van der Waals surface area contributed by atoms with Crippen molar-refractivity contribution in [1.82, 2.24) is 10.2 Å². The summed E-state index contributed by atoms with van der Waals surface area (Å²) in [5.41, 5.74) is 5.35. The number of nitrogens with zero attached hydrogens (tertiary/aromatic N) is 3. The van der Waals surface area contributed by atoms with Crippen LogP contribution in [0.4, 0.5) is 19.0 Å². The number of aromatic nitrogens is 2. The Morgan fingerprint density at radius 2 is 2.19 bits per heavy atom. The normalized spacial score (nSPS) is 11.2. The highest BCUT2D eigenvalue weighted by Gasteiger charge is 2.30. The van der Waals surface area contributed by atoms with Gasteiger partial charge in [0, 0.05) is 7.05 Å². The van der Waals surface area contributed by atoms with E-state index in [1.165, 1.54) is 19.3 Å². The first-order valence-electron chi connectivity index (χ1n) is 4.25. The molecule has 1 rings (SSSR count). The third-order valence-electron chi connectivity index (χ3n) is 1.77. The van der Waals surface area contributed by atoms with Gasteiger partial charge in [-0.3, -0.25) is 5.41 Å². The molecule has 0 aliphatic carbocycles. The number of amidine groups is 1. The summed E-state index contributed by atoms with van der Waals surface area (Å²) in [6.07, 6.45) is -3.08. The summed E-state index contributed by atoms with van der Waals surface area (Å²) in [6, 6.07) is 1.34. The molecular weight excluding hydrogens is 223 g/mol. The minimum Gasteiger partial charge on any atom is -0.384 e. The number of nitrogens with one attached hydrogen (secondary N) is 1. The molecule has 0 saturated heterocycles. The molecule has 0 aliphatic rings. The fourth-order valence-electron chi connectivity index (χ4n) is 1.16. The van der Waals surface area contributed by atoms with E-state index < -0.39 is 12.7 Å². The summed E-state index contributed by atoms with van der Waals surface area (Å²) >= 11 is 0. The van der Waals surface area contributed by atoms with E-state index in [0.29, 0.717) is 0 Å². The monoisotopic (exact) mass is 233 g/mol. The third-order valence-corrected chi connectivity index (χ3v) is 1.77. The molecule has 16 heavy (non-hydrogen) atoms. The van der Waals surface area contributed by atoms with Crippen molar-refractivity contribution >= 4 is 11.7 Å². The fraction of sp³-hybridized carbons (Fsp3) is 0.375. The molecule has 0 spiro atoms. The number of rotatable bonds is 3. The maximum Gasteiger partial charge on any atom is 0.405 e. The number of alkyl halides is 3. The fourth-order valence-corrected chi connectivity index (χ4v) is 1.16. The van der Waals surface area contributed by atoms with Crippen molar-refractivity contribution in [2.75, 3.05) is 18.5 Å². The van der Waals surface area contributed by atoms with Crippen LogP contribution in [0.2, 0.25) is 0 Å². The van der Waals surface area contributed by atoms with Crippen LogP contribution in [0.3, 0.4) is 0 Å². The van der Waals surface area contributed by atoms with E-state index in [9.17, 15) is 13.2 Å². The maximum atomic E-state index is 12.1. The second kappa shape index (κ2) is 4.33. The average Bonchev–Trinajstić information content (AvgIpc) is 2.15. The number of anilines is 1. The van der Waals surface area contributed by atoms with E-state index in [4.69, 9.17) is 11.1 Å². The smallest absolute Gasteiger partial charge is 0.384 e. The first-order valence-corrected chi connectivity index (χ1v) is 4.25. The van der Waals surface area contributed by atoms with E-state index in [0.717, 1.165) is 4.90 Å². The van der Waals surface area contributed by atoms with Crippen LogP contribution in [-0.4, -0.2) is 35.8 Å². The molecule has 0 unspecified atom stereocenters. The first-order chi connectivity index (χ1) is 7.31. The summed E-state index contributed by atoms with van der Waals surface area (Å²) in [6.45, 7) is -1.17. The van der Waals surface area contributed by atoms with Crippen molar-refractivity contribution in [2.45, 2.75) is 6.18 Å². The lowest BCUT2D eigenvalue weighted by Gasteiger charge is -2.21. The molecular formula is C8H10F3N5. The number of halogens is 3. The Bertz CT molecular complexity index is 390. The Morgan fingerprint density at radius 1 is 1.56 bits per heavy atom. The minimum atomic E-state index is -4.35. The van der Waals surface area contributed by atoms with Crippen molar-refractivity contribution < 1.29 is 13.2 Å². The summed E-state index contributed by atoms with van der Waals surface area (Å²) in [5, 5.41) is 14.2. The molecule has 5 nitrogen and oxygen atoms in total. The predicted octanol–water partition coefficient (Wildman–Crippen LogP) is 0.759. The molecule has 1 aromatic rings. The second-order valence-corrected chi connectivity index (χ2v) is 3.15. The topological polar surface area (TPSA) is 78.9 Å². The molecule has 1 aromatic heterocycles. The lowest BCUT2D eigenvalue weighted by molar-refractivity contribution is -0.119. The quantitative estimate of drug-likeness (QED) is 0.596. The van der Waals surface area contributed by atoms with Gasteiger partial charge in [0.25, 0.3) is 0 Å². The number of nitrogens with two attached hydrogens (primary N) is 1. The predicted molar refractivity (Wildman–Crippen MR) is 52.4 cm³/mol. The van der Waals surface area contributed by atoms with Gasteiger partial charge in [-0.1, -0.05) is 0 Å². The van der Waals surface area contributed by atoms with E-state index in [1.54, 1.807) is 0 Å². The van der Waals surface area contributed by atoms with Gasteiger partial charge in [-0.05, 0) is 6.07 Å². The van der Waals surface area contributed by atoms with E-state index in [2.05, 4.69) is 10.2 Å². The van der Waals surface area contributed by atoms with Crippen LogP contribution in [0.25, 0.3) is 0 Å². The van der Waals surface area contributed by atoms with Crippen molar-refractivity contribution in [1.29, 1.82) is 5.41 Å². The molecule has 0 fully saturated rings. The molecule has 88 valence electrons. The van der Waals surface area contributed by atoms with Gasteiger partial charge < -0.3 is 10.6 Å². The van der Waals surface area contributed by atoms with Gasteiger partial charge in [0.05, 0.1) is 11.8 Å². The molecule has 0 saturated carbocycles. The molecule has 0 radical (unpaired) electrons. The molecule has 0 atom stereocenters. The molecule has 0 aromatic carbocycles. The zero-order valence-electron chi connectivity index (χ0n) is 8.41. The van der Waals surface area contributed by atoms with Crippen LogP contribution in [0.5, 0.6) is 0 Å².